The summed E-state index contributed by atoms with van der Waals surface area (Å²) in [7, 11) is 3.69. The summed E-state index contributed by atoms with van der Waals surface area (Å²) in [6.07, 6.45) is 6.36. The molecule has 0 spiro atoms. The van der Waals surface area contributed by atoms with Crippen molar-refractivity contribution in [2.45, 2.75) is 32.2 Å². The molecule has 2 N–H and O–H groups in total. The number of guanidine groups is 1. The number of carbonyl (C=O) groups is 1. The number of hydrogen-bond acceptors (Lipinski definition) is 4. The smallest absolute Gasteiger partial charge is 0.409 e. The number of carbonyl (C=O) groups excluding carboxylic acids is 1. The first kappa shape index (κ1) is 21.5. The molecule has 2 heterocycles. The van der Waals surface area contributed by atoms with E-state index in [1.165, 1.54) is 5.56 Å². The van der Waals surface area contributed by atoms with Gasteiger partial charge in [-0.25, -0.2) is 4.79 Å². The molecule has 0 aromatic carbocycles. The Morgan fingerprint density at radius 3 is 2.72 bits per heavy atom. The summed E-state index contributed by atoms with van der Waals surface area (Å²) in [4.78, 5) is 17.7. The number of halogens is 1. The van der Waals surface area contributed by atoms with Crippen molar-refractivity contribution in [3.63, 3.8) is 0 Å². The lowest BCUT2D eigenvalue weighted by Crippen LogP contribution is -2.50. The van der Waals surface area contributed by atoms with Crippen molar-refractivity contribution in [3.05, 3.63) is 18.0 Å². The molecule has 1 aliphatic rings. The first-order valence-electron chi connectivity index (χ1n) is 8.48. The molecule has 25 heavy (non-hydrogen) atoms. The monoisotopic (exact) mass is 464 g/mol. The molecular formula is C16H29IN6O2. The van der Waals surface area contributed by atoms with Gasteiger partial charge in [-0.1, -0.05) is 0 Å². The Balaban J connectivity index is 0.00000312. The minimum absolute atomic E-state index is 0. The highest BCUT2D eigenvalue weighted by Crippen LogP contribution is 2.11. The van der Waals surface area contributed by atoms with E-state index in [1.54, 1.807) is 16.6 Å². The molecule has 142 valence electrons. The molecule has 8 nitrogen and oxygen atoms in total. The van der Waals surface area contributed by atoms with Gasteiger partial charge in [0.05, 0.1) is 12.8 Å². The Labute approximate surface area is 166 Å². The molecule has 0 unspecified atom stereocenters. The van der Waals surface area contributed by atoms with Crippen LogP contribution in [-0.4, -0.2) is 66.1 Å². The Hall–Kier alpha value is -1.52. The lowest BCUT2D eigenvalue weighted by molar-refractivity contribution is 0.0963. The normalized spacial score (nSPS) is 15.5. The van der Waals surface area contributed by atoms with Crippen molar-refractivity contribution < 1.29 is 9.53 Å². The van der Waals surface area contributed by atoms with Gasteiger partial charge >= 0.3 is 6.09 Å². The predicted molar refractivity (Wildman–Crippen MR) is 108 cm³/mol. The van der Waals surface area contributed by atoms with Crippen LogP contribution in [-0.2, 0) is 18.2 Å². The Morgan fingerprint density at radius 1 is 1.44 bits per heavy atom. The van der Waals surface area contributed by atoms with Crippen LogP contribution in [0.25, 0.3) is 0 Å². The van der Waals surface area contributed by atoms with Crippen molar-refractivity contribution in [3.8, 4) is 0 Å². The van der Waals surface area contributed by atoms with Crippen LogP contribution >= 0.6 is 24.0 Å². The molecule has 1 saturated heterocycles. The summed E-state index contributed by atoms with van der Waals surface area (Å²) in [6, 6.07) is 0.320. The second-order valence-electron chi connectivity index (χ2n) is 5.88. The van der Waals surface area contributed by atoms with Crippen LogP contribution in [0.15, 0.2) is 17.4 Å². The van der Waals surface area contributed by atoms with Gasteiger partial charge in [0.15, 0.2) is 5.96 Å². The molecule has 1 aromatic heterocycles. The zero-order chi connectivity index (χ0) is 17.4. The van der Waals surface area contributed by atoms with Crippen LogP contribution in [0, 0.1) is 0 Å². The van der Waals surface area contributed by atoms with E-state index < -0.39 is 0 Å². The largest absolute Gasteiger partial charge is 0.450 e. The minimum atomic E-state index is -0.213. The van der Waals surface area contributed by atoms with E-state index in [0.29, 0.717) is 25.7 Å². The van der Waals surface area contributed by atoms with Crippen molar-refractivity contribution in [1.82, 2.24) is 25.3 Å². The molecule has 0 bridgehead atoms. The van der Waals surface area contributed by atoms with E-state index in [-0.39, 0.29) is 30.1 Å². The number of piperidine rings is 1. The number of hydrogen-bond donors (Lipinski definition) is 2. The summed E-state index contributed by atoms with van der Waals surface area (Å²) < 4.78 is 6.84. The first-order chi connectivity index (χ1) is 11.6. The van der Waals surface area contributed by atoms with Gasteiger partial charge in [-0.05, 0) is 31.7 Å². The predicted octanol–water partition coefficient (Wildman–Crippen LogP) is 1.37. The maximum Gasteiger partial charge on any atom is 0.409 e. The first-order valence-corrected chi connectivity index (χ1v) is 8.48. The Kier molecular flexibility index (Phi) is 9.61. The van der Waals surface area contributed by atoms with Crippen molar-refractivity contribution in [2.75, 3.05) is 33.3 Å². The quantitative estimate of drug-likeness (QED) is 0.391. The minimum Gasteiger partial charge on any atom is -0.450 e. The SMILES string of the molecule is CCOC(=O)N1CCC(NC(=NC)NCCc2cnn(C)c2)CC1.I. The van der Waals surface area contributed by atoms with Crippen molar-refractivity contribution >= 4 is 36.0 Å². The number of aromatic nitrogens is 2. The average Bonchev–Trinajstić information content (AvgIpc) is 3.00. The van der Waals surface area contributed by atoms with Crippen molar-refractivity contribution in [1.29, 1.82) is 0 Å². The summed E-state index contributed by atoms with van der Waals surface area (Å²) >= 11 is 0. The zero-order valence-corrected chi connectivity index (χ0v) is 17.5. The molecule has 0 aliphatic carbocycles. The third-order valence-corrected chi connectivity index (χ3v) is 4.05. The van der Waals surface area contributed by atoms with Crippen molar-refractivity contribution in [2.24, 2.45) is 12.0 Å². The Morgan fingerprint density at radius 2 is 2.16 bits per heavy atom. The fourth-order valence-corrected chi connectivity index (χ4v) is 2.74. The number of likely N-dealkylation sites (tertiary alicyclic amines) is 1. The van der Waals surface area contributed by atoms with Crippen LogP contribution in [0.1, 0.15) is 25.3 Å². The lowest BCUT2D eigenvalue weighted by Gasteiger charge is -2.32. The number of amides is 1. The van der Waals surface area contributed by atoms with Gasteiger partial charge in [-0.3, -0.25) is 9.67 Å². The number of aryl methyl sites for hydroxylation is 1. The van der Waals surface area contributed by atoms with Crippen LogP contribution < -0.4 is 10.6 Å². The van der Waals surface area contributed by atoms with Crippen LogP contribution in [0.4, 0.5) is 4.79 Å². The van der Waals surface area contributed by atoms with Gasteiger partial charge < -0.3 is 20.3 Å². The number of aliphatic imine (C=N–C) groups is 1. The maximum atomic E-state index is 11.7. The molecule has 1 aliphatic heterocycles. The van der Waals surface area contributed by atoms with Gasteiger partial charge in [-0.2, -0.15) is 5.10 Å². The second kappa shape index (κ2) is 11.2. The fraction of sp³-hybridized carbons (Fsp3) is 0.688. The maximum absolute atomic E-state index is 11.7. The fourth-order valence-electron chi connectivity index (χ4n) is 2.74. The third kappa shape index (κ3) is 7.09. The van der Waals surface area contributed by atoms with Gasteiger partial charge in [0.1, 0.15) is 0 Å². The molecule has 2 rings (SSSR count). The van der Waals surface area contributed by atoms with E-state index in [2.05, 4.69) is 20.7 Å². The van der Waals surface area contributed by atoms with E-state index in [9.17, 15) is 4.79 Å². The molecule has 0 radical (unpaired) electrons. The average molecular weight is 464 g/mol. The van der Waals surface area contributed by atoms with Gasteiger partial charge in [-0.15, -0.1) is 24.0 Å². The van der Waals surface area contributed by atoms with E-state index in [4.69, 9.17) is 4.74 Å². The zero-order valence-electron chi connectivity index (χ0n) is 15.2. The third-order valence-electron chi connectivity index (χ3n) is 4.05. The molecule has 1 amide bonds. The van der Waals surface area contributed by atoms with Gasteiger partial charge in [0, 0.05) is 46.0 Å². The van der Waals surface area contributed by atoms with E-state index in [0.717, 1.165) is 31.8 Å². The highest BCUT2D eigenvalue weighted by Gasteiger charge is 2.23. The summed E-state index contributed by atoms with van der Waals surface area (Å²) in [6.45, 7) is 4.47. The molecule has 1 aromatic rings. The standard InChI is InChI=1S/C16H28N6O2.HI/c1-4-24-16(23)22-9-6-14(7-10-22)20-15(17-2)18-8-5-13-11-19-21(3)12-13;/h11-12,14H,4-10H2,1-3H3,(H2,17,18,20);1H. The molecule has 1 fully saturated rings. The summed E-state index contributed by atoms with van der Waals surface area (Å²) in [5, 5.41) is 10.9. The molecule has 9 heteroatoms. The van der Waals surface area contributed by atoms with Gasteiger partial charge in [0.2, 0.25) is 0 Å². The summed E-state index contributed by atoms with van der Waals surface area (Å²) in [5.74, 6) is 0.800. The number of nitrogens with zero attached hydrogens (tertiary/aromatic N) is 4. The lowest BCUT2D eigenvalue weighted by atomic mass is 10.1. The summed E-state index contributed by atoms with van der Waals surface area (Å²) in [5.41, 5.74) is 1.20. The van der Waals surface area contributed by atoms with Crippen LogP contribution in [0.2, 0.25) is 0 Å². The van der Waals surface area contributed by atoms with Crippen LogP contribution in [0.5, 0.6) is 0 Å². The number of nitrogens with one attached hydrogen (secondary N) is 2. The molecular weight excluding hydrogens is 435 g/mol. The van der Waals surface area contributed by atoms with E-state index >= 15 is 0 Å². The molecule has 0 atom stereocenters. The topological polar surface area (TPSA) is 83.8 Å². The highest BCUT2D eigenvalue weighted by atomic mass is 127. The molecule has 0 saturated carbocycles. The number of rotatable bonds is 5. The Bertz CT molecular complexity index is 555. The van der Waals surface area contributed by atoms with Gasteiger partial charge in [0.25, 0.3) is 0 Å². The number of ether oxygens (including phenoxy) is 1. The second-order valence-corrected chi connectivity index (χ2v) is 5.88. The van der Waals surface area contributed by atoms with Crippen LogP contribution in [0.3, 0.4) is 0 Å². The highest BCUT2D eigenvalue weighted by molar-refractivity contribution is 14.0. The van der Waals surface area contributed by atoms with E-state index in [1.807, 2.05) is 26.4 Å².